The van der Waals surface area contributed by atoms with Crippen molar-refractivity contribution in [3.05, 3.63) is 70.5 Å². The van der Waals surface area contributed by atoms with Crippen LogP contribution in [0.2, 0.25) is 5.02 Å². The number of benzene rings is 2. The van der Waals surface area contributed by atoms with Crippen molar-refractivity contribution in [2.45, 2.75) is 18.6 Å². The molecule has 26 heavy (non-hydrogen) atoms. The number of carbonyl (C=O) groups is 1. The number of hydrogen-bond donors (Lipinski definition) is 0. The number of rotatable bonds is 5. The topological polar surface area (TPSA) is 54.5 Å². The zero-order chi connectivity index (χ0) is 18.7. The third-order valence-corrected chi connectivity index (χ3v) is 6.71. The Balaban J connectivity index is 1.61. The van der Waals surface area contributed by atoms with Crippen LogP contribution in [0.15, 0.2) is 48.5 Å². The molecule has 1 saturated heterocycles. The Labute approximate surface area is 157 Å². The summed E-state index contributed by atoms with van der Waals surface area (Å²) in [5, 5.41) is 0.572. The van der Waals surface area contributed by atoms with Gasteiger partial charge in [0.05, 0.1) is 5.75 Å². The number of sulfonamides is 1. The van der Waals surface area contributed by atoms with Crippen molar-refractivity contribution in [1.82, 2.24) is 4.31 Å². The summed E-state index contributed by atoms with van der Waals surface area (Å²) >= 11 is 5.84. The van der Waals surface area contributed by atoms with Gasteiger partial charge in [0.15, 0.2) is 5.78 Å². The predicted octanol–water partition coefficient (Wildman–Crippen LogP) is 3.90. The highest BCUT2D eigenvalue weighted by Gasteiger charge is 2.31. The fraction of sp³-hybridized carbons (Fsp3) is 0.316. The summed E-state index contributed by atoms with van der Waals surface area (Å²) in [5.41, 5.74) is 1.15. The van der Waals surface area contributed by atoms with E-state index in [9.17, 15) is 17.6 Å². The first-order valence-corrected chi connectivity index (χ1v) is 10.4. The van der Waals surface area contributed by atoms with E-state index in [1.165, 1.54) is 28.6 Å². The number of ketones is 1. The van der Waals surface area contributed by atoms with Crippen molar-refractivity contribution < 1.29 is 17.6 Å². The van der Waals surface area contributed by atoms with E-state index >= 15 is 0 Å². The molecule has 1 fully saturated rings. The van der Waals surface area contributed by atoms with Gasteiger partial charge in [-0.1, -0.05) is 23.7 Å². The molecular formula is C19H19ClFNO3S. The van der Waals surface area contributed by atoms with Gasteiger partial charge in [-0.3, -0.25) is 4.79 Å². The van der Waals surface area contributed by atoms with Crippen LogP contribution in [0.4, 0.5) is 4.39 Å². The first kappa shape index (κ1) is 19.0. The summed E-state index contributed by atoms with van der Waals surface area (Å²) in [6, 6.07) is 12.2. The second kappa shape index (κ2) is 7.86. The summed E-state index contributed by atoms with van der Waals surface area (Å²) in [4.78, 5) is 12.5. The number of carbonyl (C=O) groups excluding carboxylic acids is 1. The Bertz CT molecular complexity index is 874. The van der Waals surface area contributed by atoms with Crippen LogP contribution in [0.1, 0.15) is 28.8 Å². The van der Waals surface area contributed by atoms with Crippen LogP contribution >= 0.6 is 11.6 Å². The number of Topliss-reactive ketones (excluding diaryl/α,β-unsaturated/α-hetero) is 1. The predicted molar refractivity (Wildman–Crippen MR) is 99.1 cm³/mol. The minimum Gasteiger partial charge on any atom is -0.294 e. The van der Waals surface area contributed by atoms with E-state index in [2.05, 4.69) is 0 Å². The van der Waals surface area contributed by atoms with E-state index in [0.29, 0.717) is 42.1 Å². The van der Waals surface area contributed by atoms with Crippen molar-refractivity contribution >= 4 is 27.4 Å². The Hall–Kier alpha value is -1.76. The van der Waals surface area contributed by atoms with Crippen LogP contribution in [-0.4, -0.2) is 31.6 Å². The standard InChI is InChI=1S/C19H19ClFNO3S/c20-17-5-3-15(4-6-17)19(23)16-9-11-22(12-10-16)26(24,25)13-14-1-7-18(21)8-2-14/h1-8,16H,9-13H2. The molecule has 0 bridgehead atoms. The highest BCUT2D eigenvalue weighted by molar-refractivity contribution is 7.88. The number of nitrogens with zero attached hydrogens (tertiary/aromatic N) is 1. The average molecular weight is 396 g/mol. The number of hydrogen-bond acceptors (Lipinski definition) is 3. The normalized spacial score (nSPS) is 16.5. The molecule has 0 unspecified atom stereocenters. The molecule has 3 rings (SSSR count). The van der Waals surface area contributed by atoms with E-state index in [0.717, 1.165) is 0 Å². The Morgan fingerprint density at radius 1 is 1.04 bits per heavy atom. The van der Waals surface area contributed by atoms with Gasteiger partial charge in [0.2, 0.25) is 10.0 Å². The molecule has 2 aromatic rings. The molecule has 1 heterocycles. The molecule has 1 aliphatic heterocycles. The van der Waals surface area contributed by atoms with Crippen LogP contribution in [0.3, 0.4) is 0 Å². The van der Waals surface area contributed by atoms with Gasteiger partial charge < -0.3 is 0 Å². The highest BCUT2D eigenvalue weighted by atomic mass is 35.5. The molecule has 0 radical (unpaired) electrons. The average Bonchev–Trinajstić information content (AvgIpc) is 2.64. The monoisotopic (exact) mass is 395 g/mol. The summed E-state index contributed by atoms with van der Waals surface area (Å²) in [7, 11) is -3.49. The lowest BCUT2D eigenvalue weighted by Gasteiger charge is -2.30. The van der Waals surface area contributed by atoms with E-state index in [4.69, 9.17) is 11.6 Å². The van der Waals surface area contributed by atoms with Gasteiger partial charge in [0, 0.05) is 29.6 Å². The van der Waals surface area contributed by atoms with E-state index < -0.39 is 15.8 Å². The molecule has 4 nitrogen and oxygen atoms in total. The summed E-state index contributed by atoms with van der Waals surface area (Å²) in [6.07, 6.45) is 0.980. The third-order valence-electron chi connectivity index (χ3n) is 4.61. The van der Waals surface area contributed by atoms with E-state index in [1.807, 2.05) is 0 Å². The van der Waals surface area contributed by atoms with E-state index in [1.54, 1.807) is 24.3 Å². The quantitative estimate of drug-likeness (QED) is 0.721. The SMILES string of the molecule is O=C(c1ccc(Cl)cc1)C1CCN(S(=O)(=O)Cc2ccc(F)cc2)CC1. The molecule has 0 saturated carbocycles. The number of piperidine rings is 1. The summed E-state index contributed by atoms with van der Waals surface area (Å²) < 4.78 is 39.5. The Kier molecular flexibility index (Phi) is 5.75. The molecule has 1 aliphatic rings. The van der Waals surface area contributed by atoms with Crippen LogP contribution in [0.5, 0.6) is 0 Å². The van der Waals surface area contributed by atoms with Crippen molar-refractivity contribution in [3.63, 3.8) is 0 Å². The maximum atomic E-state index is 13.0. The van der Waals surface area contributed by atoms with Crippen molar-refractivity contribution in [3.8, 4) is 0 Å². The third kappa shape index (κ3) is 4.50. The van der Waals surface area contributed by atoms with Crippen LogP contribution in [0, 0.1) is 11.7 Å². The van der Waals surface area contributed by atoms with Gasteiger partial charge in [0.25, 0.3) is 0 Å². The van der Waals surface area contributed by atoms with Crippen LogP contribution in [-0.2, 0) is 15.8 Å². The first-order chi connectivity index (χ1) is 12.3. The van der Waals surface area contributed by atoms with Crippen molar-refractivity contribution in [2.24, 2.45) is 5.92 Å². The highest BCUT2D eigenvalue weighted by Crippen LogP contribution is 2.25. The van der Waals surface area contributed by atoms with E-state index in [-0.39, 0.29) is 17.5 Å². The largest absolute Gasteiger partial charge is 0.294 e. The molecule has 0 aliphatic carbocycles. The molecule has 7 heteroatoms. The zero-order valence-electron chi connectivity index (χ0n) is 14.1. The van der Waals surface area contributed by atoms with Gasteiger partial charge >= 0.3 is 0 Å². The second-order valence-corrected chi connectivity index (χ2v) is 8.83. The van der Waals surface area contributed by atoms with Gasteiger partial charge in [-0.05, 0) is 54.8 Å². The second-order valence-electron chi connectivity index (χ2n) is 6.43. The van der Waals surface area contributed by atoms with Crippen molar-refractivity contribution in [1.29, 1.82) is 0 Å². The maximum Gasteiger partial charge on any atom is 0.218 e. The lowest BCUT2D eigenvalue weighted by Crippen LogP contribution is -2.40. The van der Waals surface area contributed by atoms with Gasteiger partial charge in [-0.2, -0.15) is 0 Å². The first-order valence-electron chi connectivity index (χ1n) is 8.37. The lowest BCUT2D eigenvalue weighted by molar-refractivity contribution is 0.0875. The molecule has 0 spiro atoms. The molecule has 0 atom stereocenters. The molecule has 2 aromatic carbocycles. The Morgan fingerprint density at radius 3 is 2.19 bits per heavy atom. The lowest BCUT2D eigenvalue weighted by atomic mass is 9.90. The number of halogens is 2. The summed E-state index contributed by atoms with van der Waals surface area (Å²) in [5.74, 6) is -0.721. The summed E-state index contributed by atoms with van der Waals surface area (Å²) in [6.45, 7) is 0.626. The minimum atomic E-state index is -3.49. The van der Waals surface area contributed by atoms with Crippen LogP contribution in [0.25, 0.3) is 0 Å². The maximum absolute atomic E-state index is 13.0. The molecule has 0 amide bonds. The Morgan fingerprint density at radius 2 is 1.62 bits per heavy atom. The minimum absolute atomic E-state index is 0.0252. The fourth-order valence-electron chi connectivity index (χ4n) is 3.13. The fourth-order valence-corrected chi connectivity index (χ4v) is 4.82. The molecule has 138 valence electrons. The zero-order valence-corrected chi connectivity index (χ0v) is 15.6. The molecule has 0 aromatic heterocycles. The van der Waals surface area contributed by atoms with Crippen LogP contribution < -0.4 is 0 Å². The molecular weight excluding hydrogens is 377 g/mol. The van der Waals surface area contributed by atoms with Gasteiger partial charge in [-0.25, -0.2) is 17.1 Å². The van der Waals surface area contributed by atoms with Gasteiger partial charge in [-0.15, -0.1) is 0 Å². The smallest absolute Gasteiger partial charge is 0.218 e. The van der Waals surface area contributed by atoms with Gasteiger partial charge in [0.1, 0.15) is 5.82 Å². The molecule has 0 N–H and O–H groups in total. The van der Waals surface area contributed by atoms with Crippen molar-refractivity contribution in [2.75, 3.05) is 13.1 Å².